The summed E-state index contributed by atoms with van der Waals surface area (Å²) >= 11 is 0. The van der Waals surface area contributed by atoms with Gasteiger partial charge in [-0.25, -0.2) is 4.79 Å². The molecule has 2 N–H and O–H groups in total. The summed E-state index contributed by atoms with van der Waals surface area (Å²) in [6.45, 7) is 0.355. The van der Waals surface area contributed by atoms with E-state index >= 15 is 0 Å². The Morgan fingerprint density at radius 3 is 1.89 bits per heavy atom. The lowest BCUT2D eigenvalue weighted by atomic mass is 9.98. The van der Waals surface area contributed by atoms with E-state index in [1.165, 1.54) is 7.11 Å². The molecule has 0 saturated carbocycles. The van der Waals surface area contributed by atoms with Crippen molar-refractivity contribution in [1.29, 1.82) is 0 Å². The van der Waals surface area contributed by atoms with Crippen molar-refractivity contribution in [2.75, 3.05) is 7.11 Å². The van der Waals surface area contributed by atoms with Gasteiger partial charge in [0.05, 0.1) is 13.2 Å². The highest BCUT2D eigenvalue weighted by molar-refractivity contribution is 5.73. The topological polar surface area (TPSA) is 94.5 Å². The standard InChI is InChI=1S/C21H24O7/c1-25-21-18(27-13-15-10-6-3-7-11-15)16(22)17(19(28-21)20(23)24)26-12-14-8-4-2-5-9-14/h2-11,16-19,21-22H,12-13H2,1H3,(H,23,24)/t16-,17-,18+,19-,21-/m0/s1. The van der Waals surface area contributed by atoms with E-state index in [1.807, 2.05) is 60.7 Å². The van der Waals surface area contributed by atoms with Crippen molar-refractivity contribution < 1.29 is 34.0 Å². The zero-order valence-corrected chi connectivity index (χ0v) is 15.5. The van der Waals surface area contributed by atoms with Gasteiger partial charge in [-0.15, -0.1) is 0 Å². The summed E-state index contributed by atoms with van der Waals surface area (Å²) in [6, 6.07) is 18.7. The second-order valence-electron chi connectivity index (χ2n) is 6.51. The van der Waals surface area contributed by atoms with Gasteiger partial charge >= 0.3 is 5.97 Å². The number of hydrogen-bond donors (Lipinski definition) is 2. The molecule has 2 aromatic carbocycles. The molecule has 7 heteroatoms. The highest BCUT2D eigenvalue weighted by atomic mass is 16.7. The van der Waals surface area contributed by atoms with Gasteiger partial charge in [0.2, 0.25) is 0 Å². The summed E-state index contributed by atoms with van der Waals surface area (Å²) in [5.41, 5.74) is 1.76. The zero-order chi connectivity index (χ0) is 19.9. The smallest absolute Gasteiger partial charge is 0.335 e. The van der Waals surface area contributed by atoms with Gasteiger partial charge in [0.15, 0.2) is 12.4 Å². The normalized spacial score (nSPS) is 27.4. The molecule has 0 amide bonds. The number of aliphatic carboxylic acids is 1. The lowest BCUT2D eigenvalue weighted by Gasteiger charge is -2.42. The number of aliphatic hydroxyl groups is 1. The minimum Gasteiger partial charge on any atom is -0.479 e. The highest BCUT2D eigenvalue weighted by Crippen LogP contribution is 2.28. The third kappa shape index (κ3) is 4.95. The van der Waals surface area contributed by atoms with Crippen molar-refractivity contribution in [1.82, 2.24) is 0 Å². The van der Waals surface area contributed by atoms with Crippen molar-refractivity contribution >= 4 is 5.97 Å². The first kappa shape index (κ1) is 20.4. The van der Waals surface area contributed by atoms with E-state index in [1.54, 1.807) is 0 Å². The average Bonchev–Trinajstić information content (AvgIpc) is 2.72. The molecule has 1 aliphatic rings. The predicted molar refractivity (Wildman–Crippen MR) is 99.4 cm³/mol. The summed E-state index contributed by atoms with van der Waals surface area (Å²) in [5.74, 6) is -1.24. The summed E-state index contributed by atoms with van der Waals surface area (Å²) in [4.78, 5) is 11.7. The fourth-order valence-corrected chi connectivity index (χ4v) is 3.11. The Bertz CT molecular complexity index is 737. The van der Waals surface area contributed by atoms with Crippen LogP contribution < -0.4 is 0 Å². The minimum atomic E-state index is -1.37. The molecule has 0 unspecified atom stereocenters. The van der Waals surface area contributed by atoms with E-state index in [2.05, 4.69) is 0 Å². The van der Waals surface area contributed by atoms with Crippen molar-refractivity contribution in [2.45, 2.75) is 43.9 Å². The number of hydrogen-bond acceptors (Lipinski definition) is 6. The Kier molecular flexibility index (Phi) is 7.13. The predicted octanol–water partition coefficient (Wildman–Crippen LogP) is 1.97. The van der Waals surface area contributed by atoms with Crippen molar-refractivity contribution in [3.8, 4) is 0 Å². The lowest BCUT2D eigenvalue weighted by Crippen LogP contribution is -2.61. The van der Waals surface area contributed by atoms with Gasteiger partial charge in [-0.2, -0.15) is 0 Å². The summed E-state index contributed by atoms with van der Waals surface area (Å²) < 4.78 is 22.3. The van der Waals surface area contributed by atoms with Gasteiger partial charge in [0.1, 0.15) is 18.3 Å². The van der Waals surface area contributed by atoms with E-state index in [4.69, 9.17) is 18.9 Å². The van der Waals surface area contributed by atoms with Gasteiger partial charge in [0.25, 0.3) is 0 Å². The summed E-state index contributed by atoms with van der Waals surface area (Å²) in [6.07, 6.45) is -5.66. The van der Waals surface area contributed by atoms with Crippen LogP contribution in [0.3, 0.4) is 0 Å². The molecule has 1 aliphatic heterocycles. The number of carboxylic acids is 1. The van der Waals surface area contributed by atoms with Crippen LogP contribution in [0.15, 0.2) is 60.7 Å². The molecule has 150 valence electrons. The zero-order valence-electron chi connectivity index (χ0n) is 15.5. The van der Waals surface area contributed by atoms with Gasteiger partial charge in [-0.3, -0.25) is 0 Å². The largest absolute Gasteiger partial charge is 0.479 e. The van der Waals surface area contributed by atoms with Gasteiger partial charge in [-0.1, -0.05) is 60.7 Å². The SMILES string of the molecule is CO[C@H]1O[C@H](C(=O)O)[C@@H](OCc2ccccc2)[C@H](O)[C@H]1OCc1ccccc1. The van der Waals surface area contributed by atoms with Crippen LogP contribution in [0.25, 0.3) is 0 Å². The van der Waals surface area contributed by atoms with E-state index in [0.29, 0.717) is 0 Å². The number of rotatable bonds is 8. The molecular formula is C21H24O7. The number of ether oxygens (including phenoxy) is 4. The van der Waals surface area contributed by atoms with Crippen molar-refractivity contribution in [2.24, 2.45) is 0 Å². The fourth-order valence-electron chi connectivity index (χ4n) is 3.11. The maximum atomic E-state index is 11.7. The number of methoxy groups -OCH3 is 1. The van der Waals surface area contributed by atoms with Crippen LogP contribution in [0, 0.1) is 0 Å². The summed E-state index contributed by atoms with van der Waals surface area (Å²) in [7, 11) is 1.38. The van der Waals surface area contributed by atoms with Crippen LogP contribution >= 0.6 is 0 Å². The number of carboxylic acid groups (broad SMARTS) is 1. The third-order valence-corrected chi connectivity index (χ3v) is 4.57. The molecule has 5 atom stereocenters. The van der Waals surface area contributed by atoms with Crippen LogP contribution in [0.5, 0.6) is 0 Å². The van der Waals surface area contributed by atoms with E-state index in [9.17, 15) is 15.0 Å². The second kappa shape index (κ2) is 9.77. The van der Waals surface area contributed by atoms with Crippen LogP contribution in [0.1, 0.15) is 11.1 Å². The van der Waals surface area contributed by atoms with Crippen molar-refractivity contribution in [3.63, 3.8) is 0 Å². The molecule has 0 bridgehead atoms. The first-order valence-corrected chi connectivity index (χ1v) is 9.00. The Hall–Kier alpha value is -2.29. The van der Waals surface area contributed by atoms with E-state index in [-0.39, 0.29) is 13.2 Å². The highest BCUT2D eigenvalue weighted by Gasteiger charge is 2.50. The molecule has 2 aromatic rings. The molecule has 1 fully saturated rings. The Balaban J connectivity index is 1.72. The summed E-state index contributed by atoms with van der Waals surface area (Å²) in [5, 5.41) is 20.4. The molecule has 0 spiro atoms. The molecule has 0 radical (unpaired) electrons. The molecule has 0 aromatic heterocycles. The molecule has 7 nitrogen and oxygen atoms in total. The maximum Gasteiger partial charge on any atom is 0.335 e. The van der Waals surface area contributed by atoms with Gasteiger partial charge in [-0.05, 0) is 11.1 Å². The number of aliphatic hydroxyl groups excluding tert-OH is 1. The average molecular weight is 388 g/mol. The first-order chi connectivity index (χ1) is 13.6. The van der Waals surface area contributed by atoms with Crippen LogP contribution in [0.4, 0.5) is 0 Å². The van der Waals surface area contributed by atoms with Crippen molar-refractivity contribution in [3.05, 3.63) is 71.8 Å². The maximum absolute atomic E-state index is 11.7. The second-order valence-corrected chi connectivity index (χ2v) is 6.51. The molecule has 28 heavy (non-hydrogen) atoms. The number of benzene rings is 2. The Morgan fingerprint density at radius 1 is 0.929 bits per heavy atom. The molecule has 1 saturated heterocycles. The Labute approximate surface area is 163 Å². The van der Waals surface area contributed by atoms with Crippen LogP contribution in [-0.2, 0) is 37.0 Å². The molecule has 0 aliphatic carbocycles. The minimum absolute atomic E-state index is 0.138. The van der Waals surface area contributed by atoms with Crippen LogP contribution in [0.2, 0.25) is 0 Å². The first-order valence-electron chi connectivity index (χ1n) is 9.00. The molecule has 1 heterocycles. The molecular weight excluding hydrogens is 364 g/mol. The molecule has 3 rings (SSSR count). The van der Waals surface area contributed by atoms with E-state index in [0.717, 1.165) is 11.1 Å². The quantitative estimate of drug-likeness (QED) is 0.714. The van der Waals surface area contributed by atoms with Gasteiger partial charge in [0, 0.05) is 7.11 Å². The van der Waals surface area contributed by atoms with Crippen LogP contribution in [-0.4, -0.2) is 54.0 Å². The monoisotopic (exact) mass is 388 g/mol. The van der Waals surface area contributed by atoms with Gasteiger partial charge < -0.3 is 29.2 Å². The fraction of sp³-hybridized carbons (Fsp3) is 0.381. The lowest BCUT2D eigenvalue weighted by molar-refractivity contribution is -0.306. The van der Waals surface area contributed by atoms with E-state index < -0.39 is 36.7 Å². The Morgan fingerprint density at radius 2 is 1.43 bits per heavy atom. The third-order valence-electron chi connectivity index (χ3n) is 4.57. The number of carbonyl (C=O) groups is 1.